The molecule has 3 rings (SSSR count). The summed E-state index contributed by atoms with van der Waals surface area (Å²) in [7, 11) is -3.51. The van der Waals surface area contributed by atoms with E-state index in [4.69, 9.17) is 9.26 Å². The highest BCUT2D eigenvalue weighted by atomic mass is 32.2. The predicted molar refractivity (Wildman–Crippen MR) is 102 cm³/mol. The van der Waals surface area contributed by atoms with Crippen molar-refractivity contribution in [3.8, 4) is 17.1 Å². The molecule has 0 aliphatic rings. The molecular weight excluding hydrogens is 366 g/mol. The van der Waals surface area contributed by atoms with Gasteiger partial charge in [0.25, 0.3) is 0 Å². The quantitative estimate of drug-likeness (QED) is 0.638. The second-order valence-corrected chi connectivity index (χ2v) is 7.84. The van der Waals surface area contributed by atoms with E-state index in [1.807, 2.05) is 50.2 Å². The molecule has 27 heavy (non-hydrogen) atoms. The largest absolute Gasteiger partial charge is 0.494 e. The number of aromatic nitrogens is 2. The third-order valence-corrected chi connectivity index (χ3v) is 5.11. The maximum atomic E-state index is 12.2. The Kier molecular flexibility index (Phi) is 5.88. The summed E-state index contributed by atoms with van der Waals surface area (Å²) >= 11 is 0. The highest BCUT2D eigenvalue weighted by molar-refractivity contribution is 7.88. The van der Waals surface area contributed by atoms with Gasteiger partial charge in [0.15, 0.2) is 0 Å². The maximum absolute atomic E-state index is 12.2. The van der Waals surface area contributed by atoms with Crippen LogP contribution in [0.4, 0.5) is 0 Å². The van der Waals surface area contributed by atoms with Gasteiger partial charge in [0.1, 0.15) is 5.75 Å². The molecule has 7 nitrogen and oxygen atoms in total. The van der Waals surface area contributed by atoms with Crippen molar-refractivity contribution in [1.29, 1.82) is 0 Å². The van der Waals surface area contributed by atoms with Crippen LogP contribution in [-0.2, 0) is 22.3 Å². The first-order valence-corrected chi connectivity index (χ1v) is 10.2. The molecule has 3 aromatic rings. The van der Waals surface area contributed by atoms with Gasteiger partial charge in [0, 0.05) is 5.56 Å². The lowest BCUT2D eigenvalue weighted by atomic mass is 10.2. The highest BCUT2D eigenvalue weighted by Crippen LogP contribution is 2.20. The fraction of sp³-hybridized carbons (Fsp3) is 0.263. The van der Waals surface area contributed by atoms with E-state index in [0.717, 1.165) is 16.9 Å². The third-order valence-electron chi connectivity index (χ3n) is 3.81. The summed E-state index contributed by atoms with van der Waals surface area (Å²) < 4.78 is 37.5. The van der Waals surface area contributed by atoms with Gasteiger partial charge in [-0.2, -0.15) is 4.98 Å². The normalized spacial score (nSPS) is 11.5. The van der Waals surface area contributed by atoms with Crippen LogP contribution in [0, 0.1) is 6.92 Å². The van der Waals surface area contributed by atoms with Crippen LogP contribution in [0.1, 0.15) is 23.9 Å². The number of rotatable bonds is 8. The van der Waals surface area contributed by atoms with Gasteiger partial charge in [-0.15, -0.1) is 0 Å². The van der Waals surface area contributed by atoms with Crippen molar-refractivity contribution in [2.45, 2.75) is 26.1 Å². The molecule has 0 atom stereocenters. The summed E-state index contributed by atoms with van der Waals surface area (Å²) in [6.07, 6.45) is 0. The zero-order valence-corrected chi connectivity index (χ0v) is 16.0. The van der Waals surface area contributed by atoms with Crippen molar-refractivity contribution >= 4 is 10.0 Å². The summed E-state index contributed by atoms with van der Waals surface area (Å²) in [6.45, 7) is 4.40. The minimum absolute atomic E-state index is 0.0573. The fourth-order valence-corrected chi connectivity index (χ4v) is 3.51. The lowest BCUT2D eigenvalue weighted by molar-refractivity contribution is 0.340. The molecule has 0 saturated heterocycles. The molecule has 0 spiro atoms. The number of hydrogen-bond acceptors (Lipinski definition) is 6. The fourth-order valence-electron chi connectivity index (χ4n) is 2.44. The van der Waals surface area contributed by atoms with Crippen LogP contribution in [0.5, 0.6) is 5.75 Å². The lowest BCUT2D eigenvalue weighted by Crippen LogP contribution is -2.24. The van der Waals surface area contributed by atoms with Gasteiger partial charge in [0.2, 0.25) is 21.7 Å². The Bertz CT molecular complexity index is 981. The zero-order valence-electron chi connectivity index (χ0n) is 15.2. The molecular formula is C19H21N3O4S. The molecule has 1 heterocycles. The molecule has 1 N–H and O–H groups in total. The van der Waals surface area contributed by atoms with Crippen LogP contribution >= 0.6 is 0 Å². The second kappa shape index (κ2) is 8.32. The Labute approximate surface area is 158 Å². The second-order valence-electron chi connectivity index (χ2n) is 6.03. The monoisotopic (exact) mass is 387 g/mol. The summed E-state index contributed by atoms with van der Waals surface area (Å²) in [6, 6.07) is 14.6. The topological polar surface area (TPSA) is 94.3 Å². The van der Waals surface area contributed by atoms with Gasteiger partial charge in [-0.25, -0.2) is 13.1 Å². The van der Waals surface area contributed by atoms with E-state index >= 15 is 0 Å². The Morgan fingerprint density at radius 2 is 1.78 bits per heavy atom. The van der Waals surface area contributed by atoms with E-state index in [9.17, 15) is 8.42 Å². The number of benzene rings is 2. The molecule has 8 heteroatoms. The summed E-state index contributed by atoms with van der Waals surface area (Å²) in [5.41, 5.74) is 2.56. The average molecular weight is 387 g/mol. The Hall–Kier alpha value is -2.71. The van der Waals surface area contributed by atoms with Crippen molar-refractivity contribution in [2.75, 3.05) is 6.61 Å². The number of nitrogens with one attached hydrogen (secondary N) is 1. The first kappa shape index (κ1) is 19.1. The van der Waals surface area contributed by atoms with E-state index < -0.39 is 10.0 Å². The molecule has 0 fully saturated rings. The Morgan fingerprint density at radius 3 is 2.44 bits per heavy atom. The SMILES string of the molecule is CCOc1ccc(-c2noc(CNS(=O)(=O)Cc3ccc(C)cc3)n2)cc1. The van der Waals surface area contributed by atoms with Gasteiger partial charge < -0.3 is 9.26 Å². The van der Waals surface area contributed by atoms with Crippen molar-refractivity contribution in [3.63, 3.8) is 0 Å². The Balaban J connectivity index is 1.60. The smallest absolute Gasteiger partial charge is 0.242 e. The van der Waals surface area contributed by atoms with Crippen LogP contribution in [0.3, 0.4) is 0 Å². The molecule has 142 valence electrons. The standard InChI is InChI=1S/C19H21N3O4S/c1-3-25-17-10-8-16(9-11-17)19-21-18(26-22-19)12-20-27(23,24)13-15-6-4-14(2)5-7-15/h4-11,20H,3,12-13H2,1-2H3. The molecule has 2 aromatic carbocycles. The van der Waals surface area contributed by atoms with Crippen molar-refractivity contribution in [1.82, 2.24) is 14.9 Å². The molecule has 0 saturated carbocycles. The van der Waals surface area contributed by atoms with Gasteiger partial charge >= 0.3 is 0 Å². The van der Waals surface area contributed by atoms with Crippen LogP contribution < -0.4 is 9.46 Å². The van der Waals surface area contributed by atoms with Crippen LogP contribution in [0.15, 0.2) is 53.1 Å². The van der Waals surface area contributed by atoms with Gasteiger partial charge in [0.05, 0.1) is 18.9 Å². The summed E-state index contributed by atoms with van der Waals surface area (Å²) in [5, 5.41) is 3.89. The third kappa shape index (κ3) is 5.38. The van der Waals surface area contributed by atoms with E-state index in [-0.39, 0.29) is 18.2 Å². The van der Waals surface area contributed by atoms with Crippen LogP contribution in [0.2, 0.25) is 0 Å². The first-order valence-electron chi connectivity index (χ1n) is 8.54. The molecule has 0 bridgehead atoms. The molecule has 0 amide bonds. The zero-order chi connectivity index (χ0) is 19.3. The van der Waals surface area contributed by atoms with Crippen molar-refractivity contribution in [2.24, 2.45) is 0 Å². The van der Waals surface area contributed by atoms with E-state index in [1.54, 1.807) is 12.1 Å². The van der Waals surface area contributed by atoms with Crippen molar-refractivity contribution < 1.29 is 17.7 Å². The lowest BCUT2D eigenvalue weighted by Gasteiger charge is -2.05. The predicted octanol–water partition coefficient (Wildman–Crippen LogP) is 3.06. The molecule has 0 aliphatic heterocycles. The number of aryl methyl sites for hydroxylation is 1. The molecule has 1 aromatic heterocycles. The van der Waals surface area contributed by atoms with E-state index in [2.05, 4.69) is 14.9 Å². The van der Waals surface area contributed by atoms with Gasteiger partial charge in [-0.3, -0.25) is 0 Å². The number of ether oxygens (including phenoxy) is 1. The van der Waals surface area contributed by atoms with E-state index in [1.165, 1.54) is 0 Å². The van der Waals surface area contributed by atoms with Crippen LogP contribution in [0.25, 0.3) is 11.4 Å². The minimum Gasteiger partial charge on any atom is -0.494 e. The number of sulfonamides is 1. The van der Waals surface area contributed by atoms with E-state index in [0.29, 0.717) is 18.0 Å². The van der Waals surface area contributed by atoms with Gasteiger partial charge in [-0.05, 0) is 43.7 Å². The average Bonchev–Trinajstić information content (AvgIpc) is 3.12. The number of hydrogen-bond donors (Lipinski definition) is 1. The highest BCUT2D eigenvalue weighted by Gasteiger charge is 2.15. The molecule has 0 unspecified atom stereocenters. The first-order chi connectivity index (χ1) is 12.9. The molecule has 0 radical (unpaired) electrons. The summed E-state index contributed by atoms with van der Waals surface area (Å²) in [4.78, 5) is 4.23. The molecule has 0 aliphatic carbocycles. The minimum atomic E-state index is -3.51. The maximum Gasteiger partial charge on any atom is 0.242 e. The van der Waals surface area contributed by atoms with Crippen LogP contribution in [-0.4, -0.2) is 25.2 Å². The Morgan fingerprint density at radius 1 is 1.07 bits per heavy atom. The summed E-state index contributed by atoms with van der Waals surface area (Å²) in [5.74, 6) is 1.25. The number of nitrogens with zero attached hydrogens (tertiary/aromatic N) is 2. The van der Waals surface area contributed by atoms with Crippen molar-refractivity contribution in [3.05, 3.63) is 65.5 Å². The van der Waals surface area contributed by atoms with Gasteiger partial charge in [-0.1, -0.05) is 35.0 Å².